The van der Waals surface area contributed by atoms with Crippen molar-refractivity contribution in [2.45, 2.75) is 25.2 Å². The van der Waals surface area contributed by atoms with Gasteiger partial charge in [0.1, 0.15) is 0 Å². The third-order valence-electron chi connectivity index (χ3n) is 3.07. The highest BCUT2D eigenvalue weighted by Gasteiger charge is 2.04. The Balaban J connectivity index is 2.45. The summed E-state index contributed by atoms with van der Waals surface area (Å²) in [6.45, 7) is 3.70. The minimum absolute atomic E-state index is 0.0909. The van der Waals surface area contributed by atoms with Gasteiger partial charge < -0.3 is 0 Å². The Hall–Kier alpha value is -1.54. The van der Waals surface area contributed by atoms with E-state index >= 15 is 0 Å². The molecule has 0 radical (unpaired) electrons. The number of rotatable bonds is 3. The molecule has 2 aromatic rings. The second-order valence-electron chi connectivity index (χ2n) is 4.33. The lowest BCUT2D eigenvalue weighted by Crippen LogP contribution is -1.92. The van der Waals surface area contributed by atoms with Crippen LogP contribution in [0.3, 0.4) is 0 Å². The highest BCUT2D eigenvalue weighted by atomic mass is 32.1. The lowest BCUT2D eigenvalue weighted by atomic mass is 10.00. The molecule has 0 aliphatic rings. The molecule has 0 fully saturated rings. The van der Waals surface area contributed by atoms with Crippen molar-refractivity contribution in [1.29, 1.82) is 0 Å². The average Bonchev–Trinajstić information content (AvgIpc) is 2.38. The number of ketones is 1. The van der Waals surface area contributed by atoms with Crippen molar-refractivity contribution in [3.05, 3.63) is 53.6 Å². The van der Waals surface area contributed by atoms with E-state index in [2.05, 4.69) is 37.8 Å². The number of carbonyl (C=O) groups excluding carboxylic acids is 1. The van der Waals surface area contributed by atoms with Crippen LogP contribution in [0.15, 0.2) is 47.4 Å². The first kappa shape index (κ1) is 12.9. The molecular weight excluding hydrogens is 240 g/mol. The summed E-state index contributed by atoms with van der Waals surface area (Å²) in [5.41, 5.74) is 4.14. The first-order chi connectivity index (χ1) is 8.61. The number of benzene rings is 2. The molecule has 0 aliphatic heterocycles. The summed E-state index contributed by atoms with van der Waals surface area (Å²) in [6.07, 6.45) is 0.979. The van der Waals surface area contributed by atoms with E-state index in [-0.39, 0.29) is 5.78 Å². The van der Waals surface area contributed by atoms with E-state index in [9.17, 15) is 4.79 Å². The van der Waals surface area contributed by atoms with Gasteiger partial charge in [-0.05, 0) is 42.2 Å². The van der Waals surface area contributed by atoms with Gasteiger partial charge >= 0.3 is 0 Å². The van der Waals surface area contributed by atoms with Crippen molar-refractivity contribution in [1.82, 2.24) is 0 Å². The summed E-state index contributed by atoms with van der Waals surface area (Å²) < 4.78 is 0. The Kier molecular flexibility index (Phi) is 3.87. The van der Waals surface area contributed by atoms with Crippen molar-refractivity contribution in [3.63, 3.8) is 0 Å². The monoisotopic (exact) mass is 256 g/mol. The zero-order valence-corrected chi connectivity index (χ0v) is 11.5. The van der Waals surface area contributed by atoms with Crippen LogP contribution in [-0.4, -0.2) is 5.78 Å². The van der Waals surface area contributed by atoms with Crippen LogP contribution in [0.25, 0.3) is 11.1 Å². The van der Waals surface area contributed by atoms with Crippen LogP contribution in [0.2, 0.25) is 0 Å². The molecule has 0 saturated carbocycles. The molecule has 0 unspecified atom stereocenters. The van der Waals surface area contributed by atoms with Gasteiger partial charge in [0, 0.05) is 10.5 Å². The number of thiol groups is 1. The van der Waals surface area contributed by atoms with Gasteiger partial charge in [0.15, 0.2) is 5.78 Å². The van der Waals surface area contributed by atoms with E-state index in [0.29, 0.717) is 0 Å². The highest BCUT2D eigenvalue weighted by molar-refractivity contribution is 7.80. The van der Waals surface area contributed by atoms with Crippen molar-refractivity contribution < 1.29 is 4.79 Å². The fraction of sp³-hybridized carbons (Fsp3) is 0.188. The molecule has 0 bridgehead atoms. The van der Waals surface area contributed by atoms with Crippen molar-refractivity contribution in [2.75, 3.05) is 0 Å². The van der Waals surface area contributed by atoms with Crippen LogP contribution in [0.4, 0.5) is 0 Å². The van der Waals surface area contributed by atoms with Gasteiger partial charge in [0.25, 0.3) is 0 Å². The summed E-state index contributed by atoms with van der Waals surface area (Å²) in [4.78, 5) is 12.4. The lowest BCUT2D eigenvalue weighted by Gasteiger charge is -2.07. The largest absolute Gasteiger partial charge is 0.295 e. The maximum absolute atomic E-state index is 11.4. The maximum atomic E-state index is 11.4. The first-order valence-corrected chi connectivity index (χ1v) is 6.50. The zero-order valence-electron chi connectivity index (χ0n) is 10.6. The molecule has 0 aliphatic carbocycles. The SMILES string of the molecule is CCc1ccc(-c2cccc(C(C)=O)c2)cc1S. The van der Waals surface area contributed by atoms with Crippen LogP contribution in [-0.2, 0) is 6.42 Å². The molecule has 2 rings (SSSR count). The third-order valence-corrected chi connectivity index (χ3v) is 3.48. The van der Waals surface area contributed by atoms with Crippen molar-refractivity contribution >= 4 is 18.4 Å². The summed E-state index contributed by atoms with van der Waals surface area (Å²) in [7, 11) is 0. The van der Waals surface area contributed by atoms with E-state index in [0.717, 1.165) is 28.0 Å². The highest BCUT2D eigenvalue weighted by Crippen LogP contribution is 2.25. The Labute approximate surface area is 113 Å². The van der Waals surface area contributed by atoms with E-state index < -0.39 is 0 Å². The molecule has 2 aromatic carbocycles. The van der Waals surface area contributed by atoms with Gasteiger partial charge in [-0.1, -0.05) is 37.3 Å². The van der Waals surface area contributed by atoms with E-state index in [1.165, 1.54) is 5.56 Å². The molecule has 0 atom stereocenters. The molecule has 0 heterocycles. The molecule has 2 heteroatoms. The predicted molar refractivity (Wildman–Crippen MR) is 78.5 cm³/mol. The number of Topliss-reactive ketones (excluding diaryl/α,β-unsaturated/α-hetero) is 1. The topological polar surface area (TPSA) is 17.1 Å². The van der Waals surface area contributed by atoms with E-state index in [1.54, 1.807) is 6.92 Å². The van der Waals surface area contributed by atoms with Gasteiger partial charge in [-0.3, -0.25) is 4.79 Å². The minimum Gasteiger partial charge on any atom is -0.295 e. The molecule has 0 spiro atoms. The smallest absolute Gasteiger partial charge is 0.159 e. The summed E-state index contributed by atoms with van der Waals surface area (Å²) >= 11 is 4.50. The van der Waals surface area contributed by atoms with Crippen LogP contribution >= 0.6 is 12.6 Å². The van der Waals surface area contributed by atoms with Gasteiger partial charge in [-0.2, -0.15) is 0 Å². The summed E-state index contributed by atoms with van der Waals surface area (Å²) in [5, 5.41) is 0. The third kappa shape index (κ3) is 2.65. The summed E-state index contributed by atoms with van der Waals surface area (Å²) in [6, 6.07) is 13.9. The van der Waals surface area contributed by atoms with Crippen LogP contribution in [0, 0.1) is 0 Å². The molecule has 1 nitrogen and oxygen atoms in total. The molecule has 0 N–H and O–H groups in total. The first-order valence-electron chi connectivity index (χ1n) is 6.05. The number of carbonyl (C=O) groups is 1. The maximum Gasteiger partial charge on any atom is 0.159 e. The van der Waals surface area contributed by atoms with Gasteiger partial charge in [-0.25, -0.2) is 0 Å². The van der Waals surface area contributed by atoms with Gasteiger partial charge in [-0.15, -0.1) is 12.6 Å². The Morgan fingerprint density at radius 3 is 2.44 bits per heavy atom. The van der Waals surface area contributed by atoms with Crippen molar-refractivity contribution in [2.24, 2.45) is 0 Å². The number of hydrogen-bond donors (Lipinski definition) is 1. The predicted octanol–water partition coefficient (Wildman–Crippen LogP) is 4.41. The second kappa shape index (κ2) is 5.40. The average molecular weight is 256 g/mol. The Bertz CT molecular complexity index is 587. The molecule has 0 saturated heterocycles. The van der Waals surface area contributed by atoms with Gasteiger partial charge in [0.2, 0.25) is 0 Å². The van der Waals surface area contributed by atoms with E-state index in [4.69, 9.17) is 0 Å². The quantitative estimate of drug-likeness (QED) is 0.636. The number of aryl methyl sites for hydroxylation is 1. The van der Waals surface area contributed by atoms with Crippen LogP contribution in [0.1, 0.15) is 29.8 Å². The van der Waals surface area contributed by atoms with Crippen LogP contribution < -0.4 is 0 Å². The molecule has 0 amide bonds. The Morgan fingerprint density at radius 1 is 1.11 bits per heavy atom. The fourth-order valence-corrected chi connectivity index (χ4v) is 2.33. The molecule has 0 aromatic heterocycles. The van der Waals surface area contributed by atoms with Gasteiger partial charge in [0.05, 0.1) is 0 Å². The molecule has 18 heavy (non-hydrogen) atoms. The fourth-order valence-electron chi connectivity index (χ4n) is 1.96. The normalized spacial score (nSPS) is 10.4. The second-order valence-corrected chi connectivity index (χ2v) is 4.82. The number of hydrogen-bond acceptors (Lipinski definition) is 2. The standard InChI is InChI=1S/C16H16OS/c1-3-12-7-8-15(10-16(12)18)14-6-4-5-13(9-14)11(2)17/h4-10,18H,3H2,1-2H3. The lowest BCUT2D eigenvalue weighted by molar-refractivity contribution is 0.101. The van der Waals surface area contributed by atoms with Crippen molar-refractivity contribution in [3.8, 4) is 11.1 Å². The van der Waals surface area contributed by atoms with E-state index in [1.807, 2.05) is 24.3 Å². The Morgan fingerprint density at radius 2 is 1.83 bits per heavy atom. The summed E-state index contributed by atoms with van der Waals surface area (Å²) in [5.74, 6) is 0.0909. The molecule has 92 valence electrons. The minimum atomic E-state index is 0.0909. The zero-order chi connectivity index (χ0) is 13.1. The van der Waals surface area contributed by atoms with Crippen LogP contribution in [0.5, 0.6) is 0 Å². The molecular formula is C16H16OS.